The Balaban J connectivity index is 2.66. The maximum atomic E-state index is 11.6. The minimum Gasteiger partial charge on any atom is -0.468 e. The summed E-state index contributed by atoms with van der Waals surface area (Å²) in [4.78, 5) is 36.3. The Morgan fingerprint density at radius 1 is 1.50 bits per heavy atom. The van der Waals surface area contributed by atoms with E-state index < -0.39 is 17.9 Å². The van der Waals surface area contributed by atoms with E-state index in [0.717, 1.165) is 0 Å². The Bertz CT molecular complexity index is 412. The largest absolute Gasteiger partial charge is 0.468 e. The molecule has 1 aliphatic heterocycles. The molecule has 1 aliphatic rings. The number of esters is 2. The number of nitrogens with zero attached hydrogens (tertiary/aromatic N) is 2. The van der Waals surface area contributed by atoms with Gasteiger partial charge in [-0.15, -0.1) is 0 Å². The Hall–Kier alpha value is -1.96. The van der Waals surface area contributed by atoms with Crippen LogP contribution >= 0.6 is 0 Å². The lowest BCUT2D eigenvalue weighted by atomic mass is 9.96. The van der Waals surface area contributed by atoms with E-state index in [4.69, 9.17) is 9.94 Å². The molecule has 1 rings (SSSR count). The van der Waals surface area contributed by atoms with Gasteiger partial charge in [-0.2, -0.15) is 0 Å². The van der Waals surface area contributed by atoms with Crippen molar-refractivity contribution in [2.24, 2.45) is 11.1 Å². The van der Waals surface area contributed by atoms with Crippen molar-refractivity contribution in [3.05, 3.63) is 0 Å². The number of Topliss-reactive ketones (excluding diaryl/α,β-unsaturated/α-hetero) is 1. The maximum absolute atomic E-state index is 11.6. The molecular weight excluding hydrogens is 268 g/mol. The summed E-state index contributed by atoms with van der Waals surface area (Å²) in [6.45, 7) is 2.33. The van der Waals surface area contributed by atoms with E-state index in [1.807, 2.05) is 0 Å². The lowest BCUT2D eigenvalue weighted by Gasteiger charge is -2.29. The van der Waals surface area contributed by atoms with Crippen LogP contribution in [0, 0.1) is 5.92 Å². The van der Waals surface area contributed by atoms with Gasteiger partial charge < -0.3 is 14.7 Å². The van der Waals surface area contributed by atoms with Crippen LogP contribution in [0.1, 0.15) is 13.3 Å². The van der Waals surface area contributed by atoms with Gasteiger partial charge in [-0.25, -0.2) is 4.79 Å². The van der Waals surface area contributed by atoms with E-state index in [1.54, 1.807) is 11.8 Å². The molecule has 0 aromatic heterocycles. The topological polar surface area (TPSA) is 106 Å². The molecule has 0 aromatic rings. The maximum Gasteiger partial charge on any atom is 0.357 e. The molecule has 1 heterocycles. The third kappa shape index (κ3) is 4.02. The van der Waals surface area contributed by atoms with Gasteiger partial charge in [0, 0.05) is 19.5 Å². The standard InChI is InChI=1S/C12H18N2O6/c1-3-20-12(17)9(13-18)7-14-5-4-10(15)8(6-14)11(16)19-2/h8,18H,3-7H2,1-2H3/b13-9-. The van der Waals surface area contributed by atoms with Crippen LogP contribution in [0.2, 0.25) is 0 Å². The third-order valence-electron chi connectivity index (χ3n) is 2.99. The summed E-state index contributed by atoms with van der Waals surface area (Å²) in [5.41, 5.74) is -0.162. The number of hydrogen-bond donors (Lipinski definition) is 1. The van der Waals surface area contributed by atoms with Crippen molar-refractivity contribution in [1.29, 1.82) is 0 Å². The van der Waals surface area contributed by atoms with Gasteiger partial charge in [0.15, 0.2) is 5.71 Å². The van der Waals surface area contributed by atoms with Crippen LogP contribution in [-0.2, 0) is 23.9 Å². The van der Waals surface area contributed by atoms with Crippen LogP contribution in [0.5, 0.6) is 0 Å². The summed E-state index contributed by atoms with van der Waals surface area (Å²) < 4.78 is 9.31. The van der Waals surface area contributed by atoms with Gasteiger partial charge in [0.2, 0.25) is 0 Å². The summed E-state index contributed by atoms with van der Waals surface area (Å²) in [7, 11) is 1.22. The molecule has 1 unspecified atom stereocenters. The number of oxime groups is 1. The SMILES string of the molecule is CCOC(=O)/C(CN1CCC(=O)C(C(=O)OC)C1)=N\O. The summed E-state index contributed by atoms with van der Waals surface area (Å²) in [6, 6.07) is 0. The Morgan fingerprint density at radius 3 is 2.75 bits per heavy atom. The highest BCUT2D eigenvalue weighted by atomic mass is 16.5. The molecule has 0 bridgehead atoms. The van der Waals surface area contributed by atoms with E-state index in [2.05, 4.69) is 9.89 Å². The Morgan fingerprint density at radius 2 is 2.20 bits per heavy atom. The number of hydrogen-bond acceptors (Lipinski definition) is 8. The van der Waals surface area contributed by atoms with Crippen molar-refractivity contribution in [2.75, 3.05) is 33.4 Å². The van der Waals surface area contributed by atoms with Crippen molar-refractivity contribution < 1.29 is 29.1 Å². The second kappa shape index (κ2) is 7.59. The number of methoxy groups -OCH3 is 1. The number of piperidine rings is 1. The van der Waals surface area contributed by atoms with Crippen molar-refractivity contribution >= 4 is 23.4 Å². The Kier molecular flexibility index (Phi) is 6.10. The van der Waals surface area contributed by atoms with Crippen molar-refractivity contribution in [2.45, 2.75) is 13.3 Å². The quantitative estimate of drug-likeness (QED) is 0.237. The van der Waals surface area contributed by atoms with E-state index in [9.17, 15) is 14.4 Å². The lowest BCUT2D eigenvalue weighted by molar-refractivity contribution is -0.151. The number of carbonyl (C=O) groups excluding carboxylic acids is 3. The lowest BCUT2D eigenvalue weighted by Crippen LogP contribution is -2.47. The zero-order valence-electron chi connectivity index (χ0n) is 11.5. The molecule has 0 radical (unpaired) electrons. The molecule has 1 saturated heterocycles. The fraction of sp³-hybridized carbons (Fsp3) is 0.667. The van der Waals surface area contributed by atoms with Crippen LogP contribution in [0.3, 0.4) is 0 Å². The highest BCUT2D eigenvalue weighted by Crippen LogP contribution is 2.14. The predicted octanol–water partition coefficient (Wildman–Crippen LogP) is -0.556. The molecule has 8 nitrogen and oxygen atoms in total. The molecule has 8 heteroatoms. The first-order valence-electron chi connectivity index (χ1n) is 6.24. The van der Waals surface area contributed by atoms with Gasteiger partial charge in [0.25, 0.3) is 0 Å². The van der Waals surface area contributed by atoms with Gasteiger partial charge in [0.05, 0.1) is 20.3 Å². The summed E-state index contributed by atoms with van der Waals surface area (Å²) >= 11 is 0. The molecule has 0 amide bonds. The van der Waals surface area contributed by atoms with Crippen LogP contribution in [-0.4, -0.2) is 66.9 Å². The zero-order chi connectivity index (χ0) is 15.1. The minimum absolute atomic E-state index is 0.0100. The van der Waals surface area contributed by atoms with Crippen molar-refractivity contribution in [3.63, 3.8) is 0 Å². The van der Waals surface area contributed by atoms with Crippen molar-refractivity contribution in [1.82, 2.24) is 4.90 Å². The normalized spacial score (nSPS) is 20.6. The first-order valence-corrected chi connectivity index (χ1v) is 6.24. The molecule has 1 N–H and O–H groups in total. The summed E-state index contributed by atoms with van der Waals surface area (Å²) in [6.07, 6.45) is 0.182. The van der Waals surface area contributed by atoms with Gasteiger partial charge in [-0.05, 0) is 6.92 Å². The van der Waals surface area contributed by atoms with Gasteiger partial charge in [0.1, 0.15) is 11.7 Å². The van der Waals surface area contributed by atoms with Crippen LogP contribution < -0.4 is 0 Å². The fourth-order valence-corrected chi connectivity index (χ4v) is 1.95. The van der Waals surface area contributed by atoms with Gasteiger partial charge in [-0.1, -0.05) is 5.16 Å². The second-order valence-electron chi connectivity index (χ2n) is 4.29. The van der Waals surface area contributed by atoms with Crippen molar-refractivity contribution in [3.8, 4) is 0 Å². The smallest absolute Gasteiger partial charge is 0.357 e. The second-order valence-corrected chi connectivity index (χ2v) is 4.29. The van der Waals surface area contributed by atoms with E-state index in [1.165, 1.54) is 7.11 Å². The monoisotopic (exact) mass is 286 g/mol. The number of carbonyl (C=O) groups is 3. The molecule has 20 heavy (non-hydrogen) atoms. The zero-order valence-corrected chi connectivity index (χ0v) is 11.5. The number of ether oxygens (including phenoxy) is 2. The molecule has 1 fully saturated rings. The molecule has 112 valence electrons. The first-order chi connectivity index (χ1) is 9.53. The van der Waals surface area contributed by atoms with E-state index >= 15 is 0 Å². The third-order valence-corrected chi connectivity index (χ3v) is 2.99. The van der Waals surface area contributed by atoms with E-state index in [-0.39, 0.29) is 37.6 Å². The minimum atomic E-state index is -0.865. The average molecular weight is 286 g/mol. The fourth-order valence-electron chi connectivity index (χ4n) is 1.95. The van der Waals surface area contributed by atoms with Gasteiger partial charge >= 0.3 is 11.9 Å². The molecule has 0 saturated carbocycles. The van der Waals surface area contributed by atoms with Crippen LogP contribution in [0.25, 0.3) is 0 Å². The van der Waals surface area contributed by atoms with Crippen LogP contribution in [0.4, 0.5) is 0 Å². The molecule has 0 aromatic carbocycles. The first kappa shape index (κ1) is 16.1. The summed E-state index contributed by atoms with van der Waals surface area (Å²) in [5, 5.41) is 11.7. The van der Waals surface area contributed by atoms with E-state index in [0.29, 0.717) is 6.54 Å². The highest BCUT2D eigenvalue weighted by molar-refractivity contribution is 6.37. The number of likely N-dealkylation sites (tertiary alicyclic amines) is 1. The predicted molar refractivity (Wildman–Crippen MR) is 67.4 cm³/mol. The molecule has 0 spiro atoms. The molecule has 1 atom stereocenters. The van der Waals surface area contributed by atoms with Gasteiger partial charge in [-0.3, -0.25) is 14.5 Å². The number of rotatable bonds is 5. The average Bonchev–Trinajstić information content (AvgIpc) is 2.45. The molecule has 0 aliphatic carbocycles. The Labute approximate surface area is 116 Å². The summed E-state index contributed by atoms with van der Waals surface area (Å²) in [5.74, 6) is -2.37. The highest BCUT2D eigenvalue weighted by Gasteiger charge is 2.34. The number of ketones is 1. The van der Waals surface area contributed by atoms with Crippen LogP contribution in [0.15, 0.2) is 5.16 Å². The molecular formula is C12H18N2O6.